The van der Waals surface area contributed by atoms with Crippen LogP contribution in [-0.4, -0.2) is 36.1 Å². The Kier molecular flexibility index (Phi) is 8.60. The van der Waals surface area contributed by atoms with Crippen molar-refractivity contribution in [3.63, 3.8) is 0 Å². The number of benzene rings is 2. The summed E-state index contributed by atoms with van der Waals surface area (Å²) in [6, 6.07) is 11.0. The van der Waals surface area contributed by atoms with Gasteiger partial charge in [0, 0.05) is 29.2 Å². The quantitative estimate of drug-likeness (QED) is 0.401. The van der Waals surface area contributed by atoms with Gasteiger partial charge in [0.2, 0.25) is 0 Å². The third kappa shape index (κ3) is 6.52. The van der Waals surface area contributed by atoms with E-state index in [1.54, 1.807) is 0 Å². The molecule has 148 valence electrons. The van der Waals surface area contributed by atoms with Crippen molar-refractivity contribution in [3.8, 4) is 11.5 Å². The molecule has 0 aliphatic heterocycles. The standard InChI is InChI=1S/C19H20ClF3O3S/c20-10-1-11-25-17-6-2-14(3-7-17)19(21,22)15-4-8-18(9-5-15)26-12-16(24)13-27-23/h2-9,16,24H,1,10-13H2. The minimum absolute atomic E-state index is 0.0106. The van der Waals surface area contributed by atoms with Crippen LogP contribution >= 0.6 is 23.7 Å². The molecule has 27 heavy (non-hydrogen) atoms. The minimum atomic E-state index is -3.18. The molecule has 1 unspecified atom stereocenters. The van der Waals surface area contributed by atoms with Crippen molar-refractivity contribution >= 4 is 23.7 Å². The fourth-order valence-corrected chi connectivity index (χ4v) is 2.60. The van der Waals surface area contributed by atoms with Crippen molar-refractivity contribution in [3.05, 3.63) is 59.7 Å². The summed E-state index contributed by atoms with van der Waals surface area (Å²) < 4.78 is 52.1. The lowest BCUT2D eigenvalue weighted by Gasteiger charge is -2.18. The lowest BCUT2D eigenvalue weighted by molar-refractivity contribution is 0.0427. The van der Waals surface area contributed by atoms with E-state index in [4.69, 9.17) is 21.1 Å². The molecule has 0 heterocycles. The molecule has 0 spiro atoms. The highest BCUT2D eigenvalue weighted by Crippen LogP contribution is 2.37. The molecular formula is C19H20ClF3O3S. The predicted molar refractivity (Wildman–Crippen MR) is 102 cm³/mol. The average Bonchev–Trinajstić information content (AvgIpc) is 2.67. The molecule has 2 aromatic rings. The van der Waals surface area contributed by atoms with Gasteiger partial charge in [0.15, 0.2) is 0 Å². The monoisotopic (exact) mass is 420 g/mol. The zero-order valence-corrected chi connectivity index (χ0v) is 16.0. The number of hydrogen-bond acceptors (Lipinski definition) is 4. The van der Waals surface area contributed by atoms with Crippen LogP contribution in [0.25, 0.3) is 0 Å². The van der Waals surface area contributed by atoms with E-state index in [0.29, 0.717) is 30.4 Å². The van der Waals surface area contributed by atoms with Gasteiger partial charge < -0.3 is 14.6 Å². The second kappa shape index (κ2) is 10.7. The summed E-state index contributed by atoms with van der Waals surface area (Å²) in [5, 5.41) is 9.41. The molecule has 8 heteroatoms. The molecule has 2 aromatic carbocycles. The first-order valence-electron chi connectivity index (χ1n) is 8.29. The maximum Gasteiger partial charge on any atom is 0.298 e. The van der Waals surface area contributed by atoms with Crippen molar-refractivity contribution in [2.45, 2.75) is 18.4 Å². The topological polar surface area (TPSA) is 38.7 Å². The highest BCUT2D eigenvalue weighted by molar-refractivity contribution is 7.94. The molecule has 0 aliphatic carbocycles. The van der Waals surface area contributed by atoms with Crippen molar-refractivity contribution < 1.29 is 27.2 Å². The number of aliphatic hydroxyl groups is 1. The Hall–Kier alpha value is -1.57. The van der Waals surface area contributed by atoms with Crippen molar-refractivity contribution in [1.82, 2.24) is 0 Å². The van der Waals surface area contributed by atoms with E-state index in [0.717, 1.165) is 0 Å². The van der Waals surface area contributed by atoms with E-state index in [9.17, 15) is 17.8 Å². The van der Waals surface area contributed by atoms with E-state index in [1.807, 2.05) is 0 Å². The molecule has 1 atom stereocenters. The van der Waals surface area contributed by atoms with E-state index < -0.39 is 12.0 Å². The van der Waals surface area contributed by atoms with E-state index >= 15 is 0 Å². The highest BCUT2D eigenvalue weighted by Gasteiger charge is 2.33. The van der Waals surface area contributed by atoms with Crippen molar-refractivity contribution in [2.24, 2.45) is 0 Å². The van der Waals surface area contributed by atoms with Gasteiger partial charge in [-0.2, -0.15) is 12.7 Å². The Labute approximate surface area is 165 Å². The number of alkyl halides is 3. The third-order valence-corrected chi connectivity index (χ3v) is 4.46. The minimum Gasteiger partial charge on any atom is -0.494 e. The third-order valence-electron chi connectivity index (χ3n) is 3.68. The van der Waals surface area contributed by atoms with Crippen LogP contribution in [0.4, 0.5) is 12.7 Å². The highest BCUT2D eigenvalue weighted by atomic mass is 35.5. The van der Waals surface area contributed by atoms with Gasteiger partial charge in [-0.25, -0.2) is 0 Å². The van der Waals surface area contributed by atoms with Crippen LogP contribution in [0.3, 0.4) is 0 Å². The fourth-order valence-electron chi connectivity index (χ4n) is 2.25. The number of aliphatic hydroxyl groups excluding tert-OH is 1. The maximum atomic E-state index is 14.7. The first-order chi connectivity index (χ1) is 13.0. The van der Waals surface area contributed by atoms with Crippen LogP contribution in [0.1, 0.15) is 17.5 Å². The number of hydrogen-bond donors (Lipinski definition) is 1. The van der Waals surface area contributed by atoms with E-state index in [2.05, 4.69) is 0 Å². The summed E-state index contributed by atoms with van der Waals surface area (Å²) in [5.41, 5.74) is -0.346. The Bertz CT molecular complexity index is 684. The van der Waals surface area contributed by atoms with Gasteiger partial charge >= 0.3 is 0 Å². The zero-order valence-electron chi connectivity index (χ0n) is 14.4. The molecule has 0 saturated heterocycles. The van der Waals surface area contributed by atoms with Gasteiger partial charge in [-0.05, 0) is 55.0 Å². The van der Waals surface area contributed by atoms with Gasteiger partial charge in [-0.1, -0.05) is 0 Å². The lowest BCUT2D eigenvalue weighted by atomic mass is 10.0. The Morgan fingerprint density at radius 3 is 1.96 bits per heavy atom. The summed E-state index contributed by atoms with van der Waals surface area (Å²) >= 11 is 5.58. The molecule has 0 aliphatic rings. The number of halogens is 4. The Morgan fingerprint density at radius 1 is 0.963 bits per heavy atom. The molecule has 2 rings (SSSR count). The molecule has 0 bridgehead atoms. The molecule has 3 nitrogen and oxygen atoms in total. The van der Waals surface area contributed by atoms with Gasteiger partial charge in [0.05, 0.1) is 18.5 Å². The first-order valence-corrected chi connectivity index (χ1v) is 9.71. The lowest BCUT2D eigenvalue weighted by Crippen LogP contribution is -2.19. The summed E-state index contributed by atoms with van der Waals surface area (Å²) in [5.74, 6) is -1.99. The van der Waals surface area contributed by atoms with Crippen LogP contribution in [0.15, 0.2) is 48.5 Å². The summed E-state index contributed by atoms with van der Waals surface area (Å²) in [6.07, 6.45) is -0.288. The largest absolute Gasteiger partial charge is 0.494 e. The van der Waals surface area contributed by atoms with Gasteiger partial charge in [-0.3, -0.25) is 0 Å². The molecule has 0 radical (unpaired) electrons. The molecule has 0 amide bonds. The second-order valence-corrected chi connectivity index (χ2v) is 6.68. The maximum absolute atomic E-state index is 14.7. The Morgan fingerprint density at radius 2 is 1.48 bits per heavy atom. The van der Waals surface area contributed by atoms with Crippen LogP contribution < -0.4 is 9.47 Å². The normalized spacial score (nSPS) is 12.6. The second-order valence-electron chi connectivity index (χ2n) is 5.75. The van der Waals surface area contributed by atoms with E-state index in [1.165, 1.54) is 48.5 Å². The van der Waals surface area contributed by atoms with Crippen LogP contribution in [0, 0.1) is 0 Å². The SMILES string of the molecule is OC(COc1ccc(C(F)(F)c2ccc(OCCCCl)cc2)cc1)CSF. The molecule has 0 aromatic heterocycles. The van der Waals surface area contributed by atoms with Crippen LogP contribution in [0.2, 0.25) is 0 Å². The number of rotatable bonds is 11. The van der Waals surface area contributed by atoms with Crippen molar-refractivity contribution in [2.75, 3.05) is 24.8 Å². The van der Waals surface area contributed by atoms with E-state index in [-0.39, 0.29) is 35.6 Å². The molecule has 1 N–H and O–H groups in total. The molecular weight excluding hydrogens is 401 g/mol. The van der Waals surface area contributed by atoms with Gasteiger partial charge in [-0.15, -0.1) is 11.6 Å². The first kappa shape index (κ1) is 21.7. The van der Waals surface area contributed by atoms with Crippen LogP contribution in [-0.2, 0) is 5.92 Å². The summed E-state index contributed by atoms with van der Waals surface area (Å²) in [4.78, 5) is 0. The van der Waals surface area contributed by atoms with Gasteiger partial charge in [0.25, 0.3) is 5.92 Å². The van der Waals surface area contributed by atoms with Gasteiger partial charge in [0.1, 0.15) is 18.1 Å². The molecule has 0 fully saturated rings. The Balaban J connectivity index is 2.00. The fraction of sp³-hybridized carbons (Fsp3) is 0.368. The average molecular weight is 421 g/mol. The summed E-state index contributed by atoms with van der Waals surface area (Å²) in [6.45, 7) is 0.317. The smallest absolute Gasteiger partial charge is 0.298 e. The molecule has 0 saturated carbocycles. The van der Waals surface area contributed by atoms with Crippen LogP contribution in [0.5, 0.6) is 11.5 Å². The summed E-state index contributed by atoms with van der Waals surface area (Å²) in [7, 11) is 0. The predicted octanol–water partition coefficient (Wildman–Crippen LogP) is 5.19. The van der Waals surface area contributed by atoms with Crippen molar-refractivity contribution in [1.29, 1.82) is 0 Å². The zero-order chi connectivity index (χ0) is 19.7. The number of ether oxygens (including phenoxy) is 2.